The van der Waals surface area contributed by atoms with Crippen LogP contribution in [0, 0.1) is 10.1 Å². The summed E-state index contributed by atoms with van der Waals surface area (Å²) in [6.07, 6.45) is 2.17. The zero-order valence-corrected chi connectivity index (χ0v) is 21.9. The number of halogens is 2. The first-order valence-electron chi connectivity index (χ1n) is 11.2. The molecule has 0 spiro atoms. The number of hydrogen-bond acceptors (Lipinski definition) is 6. The van der Waals surface area contributed by atoms with Crippen molar-refractivity contribution in [3.8, 4) is 5.75 Å². The van der Waals surface area contributed by atoms with Gasteiger partial charge in [-0.1, -0.05) is 53.5 Å². The van der Waals surface area contributed by atoms with E-state index < -0.39 is 4.92 Å². The summed E-state index contributed by atoms with van der Waals surface area (Å²) in [5.41, 5.74) is 1.33. The maximum atomic E-state index is 13.3. The second-order valence-corrected chi connectivity index (χ2v) is 9.55. The molecule has 0 unspecified atom stereocenters. The largest absolute Gasteiger partial charge is 0.482 e. The highest BCUT2D eigenvalue weighted by molar-refractivity contribution is 9.10. The highest BCUT2D eigenvalue weighted by Gasteiger charge is 2.18. The summed E-state index contributed by atoms with van der Waals surface area (Å²) in [7, 11) is 0. The van der Waals surface area contributed by atoms with Gasteiger partial charge in [-0.3, -0.25) is 14.9 Å². The third kappa shape index (κ3) is 5.63. The molecule has 4 aromatic rings. The van der Waals surface area contributed by atoms with Gasteiger partial charge in [-0.25, -0.2) is 4.98 Å². The molecule has 4 rings (SSSR count). The van der Waals surface area contributed by atoms with Crippen molar-refractivity contribution in [1.82, 2.24) is 9.66 Å². The molecule has 0 saturated carbocycles. The zero-order valence-electron chi connectivity index (χ0n) is 19.5. The Morgan fingerprint density at radius 1 is 1.19 bits per heavy atom. The number of fused-ring (bicyclic) bond motifs is 1. The Morgan fingerprint density at radius 3 is 2.64 bits per heavy atom. The summed E-state index contributed by atoms with van der Waals surface area (Å²) in [5, 5.41) is 17.1. The minimum absolute atomic E-state index is 0.0270. The average Bonchev–Trinajstić information content (AvgIpc) is 2.87. The lowest BCUT2D eigenvalue weighted by Gasteiger charge is -2.14. The number of benzene rings is 3. The predicted molar refractivity (Wildman–Crippen MR) is 144 cm³/mol. The Bertz CT molecular complexity index is 1520. The van der Waals surface area contributed by atoms with Crippen LogP contribution in [0.4, 0.5) is 5.69 Å². The number of rotatable bonds is 8. The van der Waals surface area contributed by atoms with E-state index in [9.17, 15) is 14.9 Å². The maximum Gasteiger partial charge on any atom is 0.311 e. The molecule has 0 aliphatic rings. The molecule has 10 heteroatoms. The van der Waals surface area contributed by atoms with Gasteiger partial charge in [0.1, 0.15) is 12.4 Å². The average molecular weight is 570 g/mol. The van der Waals surface area contributed by atoms with Crippen molar-refractivity contribution < 1.29 is 9.66 Å². The van der Waals surface area contributed by atoms with Crippen LogP contribution in [0.2, 0.25) is 5.02 Å². The van der Waals surface area contributed by atoms with Crippen LogP contribution in [-0.2, 0) is 6.61 Å². The van der Waals surface area contributed by atoms with Gasteiger partial charge in [0, 0.05) is 27.0 Å². The second kappa shape index (κ2) is 11.0. The third-order valence-electron chi connectivity index (χ3n) is 5.70. The van der Waals surface area contributed by atoms with E-state index in [0.717, 1.165) is 16.5 Å². The molecule has 184 valence electrons. The Balaban J connectivity index is 1.68. The highest BCUT2D eigenvalue weighted by atomic mass is 79.9. The number of hydrogen-bond donors (Lipinski definition) is 0. The molecule has 1 aromatic heterocycles. The first kappa shape index (κ1) is 25.5. The molecular weight excluding hydrogens is 548 g/mol. The SMILES string of the molecule is CC[C@@H](C)c1nc2ccc(Br)cc2c(=O)n1N=Cc1ccc(OCc2ccc(Cl)cc2)c([N+](=O)[O-])c1. The van der Waals surface area contributed by atoms with Crippen LogP contribution < -0.4 is 10.3 Å². The van der Waals surface area contributed by atoms with Gasteiger partial charge >= 0.3 is 5.69 Å². The van der Waals surface area contributed by atoms with E-state index in [0.29, 0.717) is 27.3 Å². The van der Waals surface area contributed by atoms with Gasteiger partial charge in [-0.15, -0.1) is 0 Å². The van der Waals surface area contributed by atoms with Crippen molar-refractivity contribution in [2.24, 2.45) is 5.10 Å². The number of nitro benzene ring substituents is 1. The number of nitrogens with zero attached hydrogens (tertiary/aromatic N) is 4. The van der Waals surface area contributed by atoms with E-state index in [1.54, 1.807) is 42.5 Å². The molecule has 0 saturated heterocycles. The first-order chi connectivity index (χ1) is 17.3. The van der Waals surface area contributed by atoms with Gasteiger partial charge in [0.05, 0.1) is 22.0 Å². The van der Waals surface area contributed by atoms with Crippen molar-refractivity contribution in [3.05, 3.63) is 108 Å². The van der Waals surface area contributed by atoms with E-state index in [-0.39, 0.29) is 29.5 Å². The summed E-state index contributed by atoms with van der Waals surface area (Å²) in [4.78, 5) is 29.1. The fourth-order valence-corrected chi connectivity index (χ4v) is 4.01. The number of nitro groups is 1. The minimum Gasteiger partial charge on any atom is -0.482 e. The van der Waals surface area contributed by atoms with Crippen molar-refractivity contribution in [2.45, 2.75) is 32.8 Å². The lowest BCUT2D eigenvalue weighted by Crippen LogP contribution is -2.23. The Hall–Kier alpha value is -3.56. The molecule has 8 nitrogen and oxygen atoms in total. The van der Waals surface area contributed by atoms with E-state index >= 15 is 0 Å². The molecule has 0 N–H and O–H groups in total. The molecule has 36 heavy (non-hydrogen) atoms. The second-order valence-electron chi connectivity index (χ2n) is 8.20. The standard InChI is InChI=1S/C26H22BrClN4O4/c1-3-16(2)25-30-22-10-7-19(27)13-21(22)26(33)31(25)29-14-18-6-11-24(23(12-18)32(34)35)36-15-17-4-8-20(28)9-5-17/h4-14,16H,3,15H2,1-2H3/t16-/m1/s1. The van der Waals surface area contributed by atoms with Gasteiger partial charge in [-0.05, 0) is 54.4 Å². The zero-order chi connectivity index (χ0) is 25.8. The lowest BCUT2D eigenvalue weighted by molar-refractivity contribution is -0.385. The number of ether oxygens (including phenoxy) is 1. The van der Waals surface area contributed by atoms with Gasteiger partial charge in [-0.2, -0.15) is 9.78 Å². The molecule has 0 aliphatic heterocycles. The summed E-state index contributed by atoms with van der Waals surface area (Å²) in [5.74, 6) is 0.619. The van der Waals surface area contributed by atoms with Crippen molar-refractivity contribution in [3.63, 3.8) is 0 Å². The monoisotopic (exact) mass is 568 g/mol. The smallest absolute Gasteiger partial charge is 0.311 e. The molecule has 0 aliphatic carbocycles. The minimum atomic E-state index is -0.513. The van der Waals surface area contributed by atoms with E-state index in [4.69, 9.17) is 16.3 Å². The van der Waals surface area contributed by atoms with E-state index in [1.165, 1.54) is 23.0 Å². The van der Waals surface area contributed by atoms with Crippen LogP contribution in [-0.4, -0.2) is 20.8 Å². The quantitative estimate of drug-likeness (QED) is 0.134. The first-order valence-corrected chi connectivity index (χ1v) is 12.4. The van der Waals surface area contributed by atoms with Crippen molar-refractivity contribution in [1.29, 1.82) is 0 Å². The summed E-state index contributed by atoms with van der Waals surface area (Å²) in [6.45, 7) is 4.12. The highest BCUT2D eigenvalue weighted by Crippen LogP contribution is 2.29. The molecule has 3 aromatic carbocycles. The fraction of sp³-hybridized carbons (Fsp3) is 0.192. The van der Waals surface area contributed by atoms with Crippen LogP contribution >= 0.6 is 27.5 Å². The third-order valence-corrected chi connectivity index (χ3v) is 6.44. The van der Waals surface area contributed by atoms with Crippen LogP contribution in [0.1, 0.15) is 43.1 Å². The van der Waals surface area contributed by atoms with Crippen LogP contribution in [0.15, 0.2) is 75.0 Å². The fourth-order valence-electron chi connectivity index (χ4n) is 3.52. The van der Waals surface area contributed by atoms with Gasteiger partial charge in [0.2, 0.25) is 0 Å². The molecule has 1 heterocycles. The van der Waals surface area contributed by atoms with Crippen LogP contribution in [0.25, 0.3) is 10.9 Å². The summed E-state index contributed by atoms with van der Waals surface area (Å²) < 4.78 is 7.71. The van der Waals surface area contributed by atoms with Crippen molar-refractivity contribution >= 4 is 50.3 Å². The van der Waals surface area contributed by atoms with Crippen LogP contribution in [0.3, 0.4) is 0 Å². The molecular formula is C26H22BrClN4O4. The van der Waals surface area contributed by atoms with Gasteiger partial charge in [0.25, 0.3) is 5.56 Å². The Morgan fingerprint density at radius 2 is 1.94 bits per heavy atom. The van der Waals surface area contributed by atoms with Gasteiger partial charge < -0.3 is 4.74 Å². The lowest BCUT2D eigenvalue weighted by atomic mass is 10.1. The molecule has 0 bridgehead atoms. The Kier molecular flexibility index (Phi) is 7.81. The molecule has 1 atom stereocenters. The normalized spacial score (nSPS) is 12.2. The number of aromatic nitrogens is 2. The summed E-state index contributed by atoms with van der Waals surface area (Å²) >= 11 is 9.29. The maximum absolute atomic E-state index is 13.3. The molecule has 0 radical (unpaired) electrons. The van der Waals surface area contributed by atoms with Crippen molar-refractivity contribution in [2.75, 3.05) is 0 Å². The Labute approximate surface area is 220 Å². The summed E-state index contributed by atoms with van der Waals surface area (Å²) in [6, 6.07) is 16.9. The van der Waals surface area contributed by atoms with Crippen LogP contribution in [0.5, 0.6) is 5.75 Å². The molecule has 0 amide bonds. The van der Waals surface area contributed by atoms with Gasteiger partial charge in [0.15, 0.2) is 5.75 Å². The topological polar surface area (TPSA) is 99.6 Å². The molecule has 0 fully saturated rings. The predicted octanol–water partition coefficient (Wildman–Crippen LogP) is 6.70. The van der Waals surface area contributed by atoms with E-state index in [1.807, 2.05) is 19.9 Å². The van der Waals surface area contributed by atoms with E-state index in [2.05, 4.69) is 26.0 Å².